The fourth-order valence-electron chi connectivity index (χ4n) is 1.82. The van der Waals surface area contributed by atoms with Crippen LogP contribution >= 0.6 is 0 Å². The highest BCUT2D eigenvalue weighted by molar-refractivity contribution is 5.88. The van der Waals surface area contributed by atoms with Crippen molar-refractivity contribution in [3.05, 3.63) is 60.2 Å². The predicted octanol–water partition coefficient (Wildman–Crippen LogP) is 3.35. The van der Waals surface area contributed by atoms with Crippen molar-refractivity contribution in [2.45, 2.75) is 0 Å². The molecule has 24 heavy (non-hydrogen) atoms. The molecule has 5 nitrogen and oxygen atoms in total. The highest BCUT2D eigenvalue weighted by atomic mass is 16.5. The molecule has 0 amide bonds. The maximum absolute atomic E-state index is 10.6. The van der Waals surface area contributed by atoms with Gasteiger partial charge in [0.25, 0.3) is 0 Å². The number of aromatic carboxylic acids is 1. The summed E-state index contributed by atoms with van der Waals surface area (Å²) < 4.78 is 14.6. The SMILES string of the molecule is COCCOCCOC.O=C(O)c1ccc(-c2ccccc2)cc1. The van der Waals surface area contributed by atoms with Gasteiger partial charge in [0.05, 0.1) is 32.0 Å². The average molecular weight is 332 g/mol. The van der Waals surface area contributed by atoms with Crippen molar-refractivity contribution in [3.63, 3.8) is 0 Å². The zero-order valence-electron chi connectivity index (χ0n) is 14.1. The zero-order valence-corrected chi connectivity index (χ0v) is 14.1. The summed E-state index contributed by atoms with van der Waals surface area (Å²) in [5.41, 5.74) is 2.43. The molecular formula is C19H24O5. The van der Waals surface area contributed by atoms with Gasteiger partial charge in [0.2, 0.25) is 0 Å². The van der Waals surface area contributed by atoms with Crippen LogP contribution in [0.1, 0.15) is 10.4 Å². The summed E-state index contributed by atoms with van der Waals surface area (Å²) in [5.74, 6) is -0.894. The van der Waals surface area contributed by atoms with Crippen LogP contribution < -0.4 is 0 Å². The van der Waals surface area contributed by atoms with Gasteiger partial charge in [0.1, 0.15) is 0 Å². The molecule has 2 aromatic rings. The first-order valence-corrected chi connectivity index (χ1v) is 7.63. The lowest BCUT2D eigenvalue weighted by molar-refractivity contribution is 0.0385. The van der Waals surface area contributed by atoms with Gasteiger partial charge in [-0.2, -0.15) is 0 Å². The molecule has 0 heterocycles. The fourth-order valence-corrected chi connectivity index (χ4v) is 1.82. The highest BCUT2D eigenvalue weighted by Crippen LogP contribution is 2.18. The van der Waals surface area contributed by atoms with Crippen LogP contribution in [0.25, 0.3) is 11.1 Å². The van der Waals surface area contributed by atoms with Gasteiger partial charge in [-0.15, -0.1) is 0 Å². The number of benzene rings is 2. The van der Waals surface area contributed by atoms with Crippen molar-refractivity contribution in [3.8, 4) is 11.1 Å². The minimum Gasteiger partial charge on any atom is -0.478 e. The molecule has 0 spiro atoms. The van der Waals surface area contributed by atoms with E-state index in [1.807, 2.05) is 42.5 Å². The summed E-state index contributed by atoms with van der Waals surface area (Å²) >= 11 is 0. The highest BCUT2D eigenvalue weighted by Gasteiger charge is 2.02. The number of carboxylic acids is 1. The van der Waals surface area contributed by atoms with Crippen LogP contribution in [-0.2, 0) is 14.2 Å². The number of carbonyl (C=O) groups is 1. The number of hydrogen-bond acceptors (Lipinski definition) is 4. The maximum atomic E-state index is 10.6. The van der Waals surface area contributed by atoms with E-state index in [1.165, 1.54) is 0 Å². The summed E-state index contributed by atoms with van der Waals surface area (Å²) in [6.07, 6.45) is 0. The Labute approximate surface area is 142 Å². The lowest BCUT2D eigenvalue weighted by Gasteiger charge is -2.01. The van der Waals surface area contributed by atoms with Crippen molar-refractivity contribution in [2.75, 3.05) is 40.6 Å². The van der Waals surface area contributed by atoms with Crippen molar-refractivity contribution >= 4 is 5.97 Å². The summed E-state index contributed by atoms with van der Waals surface area (Å²) in [4.78, 5) is 10.6. The van der Waals surface area contributed by atoms with E-state index in [0.717, 1.165) is 11.1 Å². The van der Waals surface area contributed by atoms with Crippen LogP contribution in [0.15, 0.2) is 54.6 Å². The Bertz CT molecular complexity index is 560. The van der Waals surface area contributed by atoms with Crippen LogP contribution in [0.3, 0.4) is 0 Å². The van der Waals surface area contributed by atoms with Gasteiger partial charge >= 0.3 is 5.97 Å². The van der Waals surface area contributed by atoms with Gasteiger partial charge in [-0.3, -0.25) is 0 Å². The van der Waals surface area contributed by atoms with Crippen molar-refractivity contribution < 1.29 is 24.1 Å². The molecular weight excluding hydrogens is 308 g/mol. The van der Waals surface area contributed by atoms with Crippen LogP contribution in [0.2, 0.25) is 0 Å². The Morgan fingerprint density at radius 2 is 1.29 bits per heavy atom. The third-order valence-electron chi connectivity index (χ3n) is 3.10. The third kappa shape index (κ3) is 7.87. The third-order valence-corrected chi connectivity index (χ3v) is 3.10. The van der Waals surface area contributed by atoms with E-state index in [9.17, 15) is 4.79 Å². The van der Waals surface area contributed by atoms with Gasteiger partial charge in [0, 0.05) is 14.2 Å². The Hall–Kier alpha value is -2.21. The predicted molar refractivity (Wildman–Crippen MR) is 93.4 cm³/mol. The molecule has 5 heteroatoms. The smallest absolute Gasteiger partial charge is 0.335 e. The van der Waals surface area contributed by atoms with Gasteiger partial charge in [0.15, 0.2) is 0 Å². The van der Waals surface area contributed by atoms with Crippen LogP contribution in [0.5, 0.6) is 0 Å². The quantitative estimate of drug-likeness (QED) is 0.751. The molecule has 2 rings (SSSR count). The molecule has 0 aliphatic heterocycles. The summed E-state index contributed by atoms with van der Waals surface area (Å²) in [6.45, 7) is 2.62. The summed E-state index contributed by atoms with van der Waals surface area (Å²) in [7, 11) is 3.30. The minimum absolute atomic E-state index is 0.315. The normalized spacial score (nSPS) is 9.92. The Morgan fingerprint density at radius 3 is 1.75 bits per heavy atom. The molecule has 0 atom stereocenters. The molecule has 0 bridgehead atoms. The molecule has 0 aliphatic carbocycles. The molecule has 0 radical (unpaired) electrons. The monoisotopic (exact) mass is 332 g/mol. The fraction of sp³-hybridized carbons (Fsp3) is 0.316. The number of hydrogen-bond donors (Lipinski definition) is 1. The topological polar surface area (TPSA) is 65.0 Å². The van der Waals surface area contributed by atoms with Crippen molar-refractivity contribution in [1.82, 2.24) is 0 Å². The summed E-state index contributed by atoms with van der Waals surface area (Å²) in [6, 6.07) is 16.7. The van der Waals surface area contributed by atoms with E-state index in [2.05, 4.69) is 0 Å². The van der Waals surface area contributed by atoms with Gasteiger partial charge in [-0.05, 0) is 23.3 Å². The number of methoxy groups -OCH3 is 2. The van der Waals surface area contributed by atoms with Crippen molar-refractivity contribution in [1.29, 1.82) is 0 Å². The second-order valence-corrected chi connectivity index (χ2v) is 4.85. The number of ether oxygens (including phenoxy) is 3. The molecule has 1 N–H and O–H groups in total. The lowest BCUT2D eigenvalue weighted by Crippen LogP contribution is -2.06. The van der Waals surface area contributed by atoms with E-state index in [4.69, 9.17) is 19.3 Å². The number of rotatable bonds is 8. The molecule has 0 saturated heterocycles. The van der Waals surface area contributed by atoms with Gasteiger partial charge < -0.3 is 19.3 Å². The Morgan fingerprint density at radius 1 is 0.792 bits per heavy atom. The average Bonchev–Trinajstić information content (AvgIpc) is 2.63. The zero-order chi connectivity index (χ0) is 17.6. The van der Waals surface area contributed by atoms with Crippen LogP contribution in [0.4, 0.5) is 0 Å². The van der Waals surface area contributed by atoms with E-state index in [1.54, 1.807) is 26.4 Å². The molecule has 0 saturated carbocycles. The largest absolute Gasteiger partial charge is 0.478 e. The molecule has 0 aromatic heterocycles. The lowest BCUT2D eigenvalue weighted by atomic mass is 10.0. The first-order chi connectivity index (χ1) is 11.7. The summed E-state index contributed by atoms with van der Waals surface area (Å²) in [5, 5.41) is 8.75. The molecule has 0 fully saturated rings. The van der Waals surface area contributed by atoms with E-state index < -0.39 is 5.97 Å². The Balaban J connectivity index is 0.000000277. The standard InChI is InChI=1S/C13H10O2.C6H14O3/c14-13(15)12-8-6-11(7-9-12)10-4-2-1-3-5-10;1-7-3-5-9-6-4-8-2/h1-9H,(H,14,15);3-6H2,1-2H3. The number of carboxylic acid groups (broad SMARTS) is 1. The second kappa shape index (κ2) is 12.2. The first kappa shape index (κ1) is 19.8. The molecule has 0 unspecified atom stereocenters. The first-order valence-electron chi connectivity index (χ1n) is 7.63. The maximum Gasteiger partial charge on any atom is 0.335 e. The van der Waals surface area contributed by atoms with Crippen molar-refractivity contribution in [2.24, 2.45) is 0 Å². The molecule has 2 aromatic carbocycles. The van der Waals surface area contributed by atoms with Gasteiger partial charge in [-0.25, -0.2) is 4.79 Å². The minimum atomic E-state index is -0.894. The van der Waals surface area contributed by atoms with E-state index in [-0.39, 0.29) is 0 Å². The van der Waals surface area contributed by atoms with E-state index >= 15 is 0 Å². The van der Waals surface area contributed by atoms with E-state index in [0.29, 0.717) is 32.0 Å². The van der Waals surface area contributed by atoms with Crippen LogP contribution in [0, 0.1) is 0 Å². The Kier molecular flexibility index (Phi) is 10.1. The van der Waals surface area contributed by atoms with Crippen LogP contribution in [-0.4, -0.2) is 51.7 Å². The van der Waals surface area contributed by atoms with Gasteiger partial charge in [-0.1, -0.05) is 42.5 Å². The molecule has 130 valence electrons. The molecule has 0 aliphatic rings. The second-order valence-electron chi connectivity index (χ2n) is 4.85.